The number of hydrogen-bond donors (Lipinski definition) is 5. The second-order valence-corrected chi connectivity index (χ2v) is 13.7. The molecule has 0 saturated carbocycles. The van der Waals surface area contributed by atoms with Gasteiger partial charge in [-0.25, -0.2) is 14.8 Å². The van der Waals surface area contributed by atoms with E-state index in [1.165, 1.54) is 5.56 Å². The van der Waals surface area contributed by atoms with E-state index in [0.29, 0.717) is 33.1 Å². The summed E-state index contributed by atoms with van der Waals surface area (Å²) in [5.74, 6) is -1.88. The van der Waals surface area contributed by atoms with Gasteiger partial charge in [-0.2, -0.15) is 0 Å². The summed E-state index contributed by atoms with van der Waals surface area (Å²) in [4.78, 5) is 33.7. The normalized spacial score (nSPS) is 11.4. The molecule has 0 fully saturated rings. The van der Waals surface area contributed by atoms with Gasteiger partial charge in [0, 0.05) is 27.9 Å². The molecule has 304 valence electrons. The Morgan fingerprint density at radius 3 is 1.37 bits per heavy atom. The molecular formula is C50H47ClN4O5. The van der Waals surface area contributed by atoms with Gasteiger partial charge in [0.2, 0.25) is 0 Å². The van der Waals surface area contributed by atoms with Crippen LogP contribution in [-0.4, -0.2) is 37.2 Å². The second-order valence-electron chi connectivity index (χ2n) is 13.7. The van der Waals surface area contributed by atoms with Crippen LogP contribution in [0.2, 0.25) is 0 Å². The van der Waals surface area contributed by atoms with Crippen molar-refractivity contribution in [3.05, 3.63) is 192 Å². The molecule has 6 aromatic carbocycles. The Bertz CT molecular complexity index is 2650. The number of aromatic carboxylic acids is 1. The number of halogens is 1. The quantitative estimate of drug-likeness (QED) is 0.0962. The Kier molecular flexibility index (Phi) is 15.5. The molecule has 0 aliphatic heterocycles. The van der Waals surface area contributed by atoms with Crippen LogP contribution in [0.3, 0.4) is 0 Å². The Balaban J connectivity index is 0.000000190. The number of para-hydroxylation sites is 2. The fourth-order valence-corrected chi connectivity index (χ4v) is 6.72. The van der Waals surface area contributed by atoms with Gasteiger partial charge in [0.1, 0.15) is 17.0 Å². The van der Waals surface area contributed by atoms with Gasteiger partial charge in [0.15, 0.2) is 11.5 Å². The summed E-state index contributed by atoms with van der Waals surface area (Å²) < 4.78 is 0. The average Bonchev–Trinajstić information content (AvgIpc) is 3.29. The summed E-state index contributed by atoms with van der Waals surface area (Å²) in [6.07, 6.45) is 1.75. The molecule has 8 rings (SSSR count). The number of nitrogens with one attached hydrogen (secondary N) is 1. The molecule has 10 heteroatoms. The van der Waals surface area contributed by atoms with Crippen molar-refractivity contribution in [1.82, 2.24) is 15.3 Å². The predicted molar refractivity (Wildman–Crippen MR) is 242 cm³/mol. The number of rotatable bonds is 9. The van der Waals surface area contributed by atoms with Gasteiger partial charge >= 0.3 is 5.97 Å². The van der Waals surface area contributed by atoms with Crippen molar-refractivity contribution >= 4 is 46.1 Å². The first kappa shape index (κ1) is 44.0. The van der Waals surface area contributed by atoms with Gasteiger partial charge in [-0.05, 0) is 36.1 Å². The summed E-state index contributed by atoms with van der Waals surface area (Å²) >= 11 is 0. The fourth-order valence-electron chi connectivity index (χ4n) is 6.72. The minimum atomic E-state index is -1.17. The van der Waals surface area contributed by atoms with E-state index in [9.17, 15) is 24.9 Å². The van der Waals surface area contributed by atoms with Gasteiger partial charge < -0.3 is 26.4 Å². The van der Waals surface area contributed by atoms with Crippen molar-refractivity contribution in [2.24, 2.45) is 5.73 Å². The van der Waals surface area contributed by atoms with E-state index < -0.39 is 5.97 Å². The number of benzene rings is 6. The number of nitrogens with zero attached hydrogens (tertiary/aromatic N) is 2. The lowest BCUT2D eigenvalue weighted by atomic mass is 10.00. The zero-order valence-electron chi connectivity index (χ0n) is 33.3. The van der Waals surface area contributed by atoms with E-state index in [0.717, 1.165) is 24.0 Å². The van der Waals surface area contributed by atoms with Gasteiger partial charge in [-0.3, -0.25) is 4.79 Å². The predicted octanol–water partition coefficient (Wildman–Crippen LogP) is 11.3. The van der Waals surface area contributed by atoms with Crippen LogP contribution in [0.1, 0.15) is 70.6 Å². The Morgan fingerprint density at radius 2 is 0.933 bits per heavy atom. The Labute approximate surface area is 355 Å². The lowest BCUT2D eigenvalue weighted by Crippen LogP contribution is -2.28. The molecule has 0 aliphatic carbocycles. The van der Waals surface area contributed by atoms with Crippen LogP contribution < -0.4 is 11.1 Å². The molecule has 0 radical (unpaired) electrons. The minimum Gasteiger partial charge on any atom is -0.505 e. The maximum atomic E-state index is 13.3. The largest absolute Gasteiger partial charge is 0.505 e. The molecule has 0 spiro atoms. The van der Waals surface area contributed by atoms with E-state index in [1.54, 1.807) is 36.4 Å². The molecule has 0 saturated heterocycles. The van der Waals surface area contributed by atoms with Gasteiger partial charge in [-0.15, -0.1) is 12.4 Å². The highest BCUT2D eigenvalue weighted by atomic mass is 35.5. The van der Waals surface area contributed by atoms with Crippen molar-refractivity contribution in [3.8, 4) is 34.0 Å². The zero-order valence-corrected chi connectivity index (χ0v) is 34.1. The highest BCUT2D eigenvalue weighted by molar-refractivity contribution is 6.10. The fraction of sp³-hybridized carbons (Fsp3) is 0.120. The second kappa shape index (κ2) is 21.1. The Morgan fingerprint density at radius 1 is 0.550 bits per heavy atom. The molecule has 6 N–H and O–H groups in total. The first-order valence-electron chi connectivity index (χ1n) is 19.5. The van der Waals surface area contributed by atoms with E-state index in [2.05, 4.69) is 34.3 Å². The van der Waals surface area contributed by atoms with Crippen LogP contribution in [-0.2, 0) is 0 Å². The van der Waals surface area contributed by atoms with Gasteiger partial charge in [0.05, 0.1) is 22.6 Å². The number of amides is 1. The standard InChI is InChI=1S/C25H22N2O2.C16H11NO3.C9H13N.ClH/c1-2-20(17-11-5-3-6-12-17)27-25(29)22-19-15-9-10-16-21(19)26-23(24(22)28)18-13-7-4-8-14-18;18-15-13(16(19)20)11-8-4-5-9-12(11)17-14(15)10-6-2-1-3-7-10;1-2-9(10)8-6-4-3-5-7-8;/h3-16,20,28H,2H2,1H3,(H,27,29);1-9,18H,(H,19,20);3-7,9H,2,10H2,1H3;1H/t;;9-;/m..0./s1. The van der Waals surface area contributed by atoms with E-state index in [-0.39, 0.29) is 58.7 Å². The number of hydrogen-bond acceptors (Lipinski definition) is 7. The van der Waals surface area contributed by atoms with Crippen LogP contribution in [0, 0.1) is 0 Å². The number of aromatic hydroxyl groups is 2. The number of fused-ring (bicyclic) bond motifs is 2. The number of aromatic nitrogens is 2. The van der Waals surface area contributed by atoms with E-state index >= 15 is 0 Å². The molecule has 60 heavy (non-hydrogen) atoms. The lowest BCUT2D eigenvalue weighted by Gasteiger charge is -2.19. The first-order chi connectivity index (χ1) is 28.7. The molecule has 0 aliphatic rings. The number of carboxylic acids is 1. The molecule has 0 bridgehead atoms. The van der Waals surface area contributed by atoms with Crippen LogP contribution in [0.15, 0.2) is 170 Å². The molecule has 2 heterocycles. The maximum Gasteiger partial charge on any atom is 0.340 e. The van der Waals surface area contributed by atoms with Gasteiger partial charge in [-0.1, -0.05) is 172 Å². The van der Waals surface area contributed by atoms with E-state index in [4.69, 9.17) is 5.73 Å². The zero-order chi connectivity index (χ0) is 41.7. The van der Waals surface area contributed by atoms with Crippen molar-refractivity contribution in [2.45, 2.75) is 38.8 Å². The first-order valence-corrected chi connectivity index (χ1v) is 19.5. The van der Waals surface area contributed by atoms with Crippen molar-refractivity contribution < 1.29 is 24.9 Å². The molecule has 9 nitrogen and oxygen atoms in total. The number of carbonyl (C=O) groups is 2. The molecule has 1 amide bonds. The maximum absolute atomic E-state index is 13.3. The number of carbonyl (C=O) groups excluding carboxylic acids is 1. The average molecular weight is 819 g/mol. The van der Waals surface area contributed by atoms with Crippen LogP contribution in [0.4, 0.5) is 0 Å². The van der Waals surface area contributed by atoms with Crippen LogP contribution in [0.25, 0.3) is 44.3 Å². The third kappa shape index (κ3) is 10.3. The Hall–Kier alpha value is -7.07. The molecular weight excluding hydrogens is 772 g/mol. The monoisotopic (exact) mass is 818 g/mol. The molecule has 2 atom stereocenters. The van der Waals surface area contributed by atoms with Crippen LogP contribution in [0.5, 0.6) is 11.5 Å². The highest BCUT2D eigenvalue weighted by Gasteiger charge is 2.24. The number of carboxylic acid groups (broad SMARTS) is 1. The highest BCUT2D eigenvalue weighted by Crippen LogP contribution is 2.37. The minimum absolute atomic E-state index is 0. The lowest BCUT2D eigenvalue weighted by molar-refractivity contribution is 0.0695. The van der Waals surface area contributed by atoms with Gasteiger partial charge in [0.25, 0.3) is 5.91 Å². The smallest absolute Gasteiger partial charge is 0.340 e. The third-order valence-corrected chi connectivity index (χ3v) is 9.85. The summed E-state index contributed by atoms with van der Waals surface area (Å²) in [7, 11) is 0. The topological polar surface area (TPSA) is 159 Å². The van der Waals surface area contributed by atoms with Crippen molar-refractivity contribution in [1.29, 1.82) is 0 Å². The summed E-state index contributed by atoms with van der Waals surface area (Å²) in [6, 6.07) is 52.8. The third-order valence-electron chi connectivity index (χ3n) is 9.85. The number of nitrogens with two attached hydrogens (primary N) is 1. The SMILES string of the molecule is CCC(NC(=O)c1c(O)c(-c2ccccc2)nc2ccccc12)c1ccccc1.CC[C@H](N)c1ccccc1.Cl.O=C(O)c1c(O)c(-c2ccccc2)nc2ccccc12. The molecule has 1 unspecified atom stereocenters. The molecule has 2 aromatic heterocycles. The summed E-state index contributed by atoms with van der Waals surface area (Å²) in [6.45, 7) is 4.12. The summed E-state index contributed by atoms with van der Waals surface area (Å²) in [5.41, 5.74) is 11.5. The van der Waals surface area contributed by atoms with Crippen LogP contribution >= 0.6 is 12.4 Å². The van der Waals surface area contributed by atoms with Crippen molar-refractivity contribution in [2.75, 3.05) is 0 Å². The van der Waals surface area contributed by atoms with Crippen molar-refractivity contribution in [3.63, 3.8) is 0 Å². The summed E-state index contributed by atoms with van der Waals surface area (Å²) in [5, 5.41) is 34.8. The number of pyridine rings is 2. The molecule has 8 aromatic rings. The van der Waals surface area contributed by atoms with E-state index in [1.807, 2.05) is 128 Å².